The van der Waals surface area contributed by atoms with Crippen molar-refractivity contribution in [1.82, 2.24) is 14.5 Å². The maximum Gasteiger partial charge on any atom is 0.251 e. The van der Waals surface area contributed by atoms with Crippen LogP contribution in [0.5, 0.6) is 5.75 Å². The summed E-state index contributed by atoms with van der Waals surface area (Å²) >= 11 is 0. The third kappa shape index (κ3) is 5.45. The molecule has 2 aromatic rings. The molecule has 1 N–H and O–H groups in total. The van der Waals surface area contributed by atoms with Crippen LogP contribution in [0.3, 0.4) is 0 Å². The fourth-order valence-electron chi connectivity index (χ4n) is 4.88. The monoisotopic (exact) mass is 485 g/mol. The van der Waals surface area contributed by atoms with Crippen LogP contribution >= 0.6 is 0 Å². The smallest absolute Gasteiger partial charge is 0.251 e. The van der Waals surface area contributed by atoms with Crippen molar-refractivity contribution in [2.45, 2.75) is 50.0 Å². The molecule has 4 rings (SSSR count). The largest absolute Gasteiger partial charge is 0.497 e. The number of likely N-dealkylation sites (tertiary alicyclic amines) is 1. The Bertz CT molecular complexity index is 1090. The number of aryl methyl sites for hydroxylation is 1. The van der Waals surface area contributed by atoms with Gasteiger partial charge in [0.25, 0.3) is 5.91 Å². The lowest BCUT2D eigenvalue weighted by Crippen LogP contribution is -2.37. The number of ether oxygens (including phenoxy) is 1. The fraction of sp³-hybridized carbons (Fsp3) is 0.500. The maximum atomic E-state index is 13.2. The van der Waals surface area contributed by atoms with Gasteiger partial charge in [-0.2, -0.15) is 4.31 Å². The molecule has 2 aliphatic heterocycles. The molecule has 7 nitrogen and oxygen atoms in total. The number of piperidine rings is 1. The second kappa shape index (κ2) is 10.9. The number of rotatable bonds is 8. The Morgan fingerprint density at radius 2 is 1.62 bits per heavy atom. The minimum absolute atomic E-state index is 0.0536. The first-order chi connectivity index (χ1) is 16.4. The number of carbonyl (C=O) groups excluding carboxylic acids is 1. The van der Waals surface area contributed by atoms with E-state index in [1.54, 1.807) is 19.2 Å². The van der Waals surface area contributed by atoms with Crippen LogP contribution in [0, 0.1) is 6.92 Å². The van der Waals surface area contributed by atoms with Crippen LogP contribution in [-0.4, -0.2) is 63.4 Å². The van der Waals surface area contributed by atoms with Crippen LogP contribution < -0.4 is 10.1 Å². The quantitative estimate of drug-likeness (QED) is 0.616. The number of benzene rings is 2. The van der Waals surface area contributed by atoms with E-state index in [4.69, 9.17) is 4.74 Å². The van der Waals surface area contributed by atoms with Crippen LogP contribution in [0.1, 0.15) is 59.6 Å². The summed E-state index contributed by atoms with van der Waals surface area (Å²) in [6.45, 7) is 5.36. The topological polar surface area (TPSA) is 78.9 Å². The second-order valence-electron chi connectivity index (χ2n) is 9.18. The fourth-order valence-corrected chi connectivity index (χ4v) is 6.43. The number of nitrogens with one attached hydrogen (secondary N) is 1. The van der Waals surface area contributed by atoms with E-state index >= 15 is 0 Å². The summed E-state index contributed by atoms with van der Waals surface area (Å²) in [5, 5.41) is 3.08. The average Bonchev–Trinajstić information content (AvgIpc) is 3.40. The molecule has 0 bridgehead atoms. The minimum atomic E-state index is -3.60. The van der Waals surface area contributed by atoms with Gasteiger partial charge in [0.05, 0.1) is 18.0 Å². The van der Waals surface area contributed by atoms with Crippen molar-refractivity contribution in [2.75, 3.05) is 39.8 Å². The molecule has 2 aromatic carbocycles. The highest BCUT2D eigenvalue weighted by molar-refractivity contribution is 7.89. The lowest BCUT2D eigenvalue weighted by atomic mass is 10.0. The summed E-state index contributed by atoms with van der Waals surface area (Å²) in [4.78, 5) is 15.8. The molecule has 1 atom stereocenters. The SMILES string of the molecule is COc1ccc(C(CNC(=O)c2cc(S(=O)(=O)N3CCCCC3)ccc2C)N2CCCC2)cc1. The number of carbonyl (C=O) groups is 1. The van der Waals surface area contributed by atoms with Gasteiger partial charge in [-0.25, -0.2) is 8.42 Å². The normalized spacial score (nSPS) is 18.5. The van der Waals surface area contributed by atoms with Crippen LogP contribution in [0.4, 0.5) is 0 Å². The molecular weight excluding hydrogens is 450 g/mol. The molecule has 0 radical (unpaired) electrons. The molecule has 2 fully saturated rings. The Balaban J connectivity index is 1.52. The summed E-state index contributed by atoms with van der Waals surface area (Å²) in [7, 11) is -1.95. The molecule has 0 aliphatic carbocycles. The first-order valence-electron chi connectivity index (χ1n) is 12.2. The van der Waals surface area contributed by atoms with Crippen molar-refractivity contribution in [2.24, 2.45) is 0 Å². The van der Waals surface area contributed by atoms with E-state index in [1.807, 2.05) is 31.2 Å². The van der Waals surface area contributed by atoms with E-state index in [-0.39, 0.29) is 16.8 Å². The van der Waals surface area contributed by atoms with Crippen molar-refractivity contribution < 1.29 is 17.9 Å². The van der Waals surface area contributed by atoms with E-state index in [2.05, 4.69) is 10.2 Å². The highest BCUT2D eigenvalue weighted by Crippen LogP contribution is 2.27. The molecular formula is C26H35N3O4S. The van der Waals surface area contributed by atoms with Gasteiger partial charge < -0.3 is 10.1 Å². The third-order valence-electron chi connectivity index (χ3n) is 6.94. The first-order valence-corrected chi connectivity index (χ1v) is 13.6. The van der Waals surface area contributed by atoms with E-state index in [1.165, 1.54) is 10.4 Å². The number of nitrogens with zero attached hydrogens (tertiary/aromatic N) is 2. The Morgan fingerprint density at radius 1 is 0.971 bits per heavy atom. The Morgan fingerprint density at radius 3 is 2.26 bits per heavy atom. The number of hydrogen-bond donors (Lipinski definition) is 1. The van der Waals surface area contributed by atoms with Crippen LogP contribution in [0.2, 0.25) is 0 Å². The van der Waals surface area contributed by atoms with Gasteiger partial charge in [0, 0.05) is 25.2 Å². The molecule has 1 unspecified atom stereocenters. The van der Waals surface area contributed by atoms with Gasteiger partial charge in [-0.15, -0.1) is 0 Å². The molecule has 0 aromatic heterocycles. The van der Waals surface area contributed by atoms with Crippen molar-refractivity contribution in [3.05, 3.63) is 59.2 Å². The molecule has 2 heterocycles. The second-order valence-corrected chi connectivity index (χ2v) is 11.1. The molecule has 34 heavy (non-hydrogen) atoms. The van der Waals surface area contributed by atoms with Gasteiger partial charge in [0.1, 0.15) is 5.75 Å². The number of sulfonamides is 1. The molecule has 0 saturated carbocycles. The highest BCUT2D eigenvalue weighted by atomic mass is 32.2. The van der Waals surface area contributed by atoms with Gasteiger partial charge in [0.15, 0.2) is 0 Å². The van der Waals surface area contributed by atoms with Crippen molar-refractivity contribution in [3.8, 4) is 5.75 Å². The molecule has 184 valence electrons. The zero-order valence-corrected chi connectivity index (χ0v) is 20.9. The Kier molecular flexibility index (Phi) is 7.91. The molecule has 1 amide bonds. The van der Waals surface area contributed by atoms with Gasteiger partial charge >= 0.3 is 0 Å². The summed E-state index contributed by atoms with van der Waals surface area (Å²) in [5.41, 5.74) is 2.30. The van der Waals surface area contributed by atoms with E-state index < -0.39 is 10.0 Å². The zero-order chi connectivity index (χ0) is 24.1. The summed E-state index contributed by atoms with van der Waals surface area (Å²) in [6, 6.07) is 12.9. The minimum Gasteiger partial charge on any atom is -0.497 e. The van der Waals surface area contributed by atoms with Crippen LogP contribution in [-0.2, 0) is 10.0 Å². The zero-order valence-electron chi connectivity index (χ0n) is 20.1. The standard InChI is InChI=1S/C26H35N3O4S/c1-20-8-13-23(34(31,32)29-16-4-3-5-17-29)18-24(20)26(30)27-19-25(28-14-6-7-15-28)21-9-11-22(33-2)12-10-21/h8-13,18,25H,3-7,14-17,19H2,1-2H3,(H,27,30). The summed E-state index contributed by atoms with van der Waals surface area (Å²) < 4.78 is 33.1. The van der Waals surface area contributed by atoms with E-state index in [0.717, 1.165) is 62.1 Å². The number of amides is 1. The number of methoxy groups -OCH3 is 1. The summed E-state index contributed by atoms with van der Waals surface area (Å²) in [5.74, 6) is 0.557. The average molecular weight is 486 g/mol. The maximum absolute atomic E-state index is 13.2. The molecule has 2 saturated heterocycles. The van der Waals surface area contributed by atoms with Gasteiger partial charge in [-0.05, 0) is 81.1 Å². The van der Waals surface area contributed by atoms with Crippen LogP contribution in [0.25, 0.3) is 0 Å². The number of hydrogen-bond acceptors (Lipinski definition) is 5. The van der Waals surface area contributed by atoms with Crippen molar-refractivity contribution in [1.29, 1.82) is 0 Å². The van der Waals surface area contributed by atoms with Gasteiger partial charge in [-0.3, -0.25) is 9.69 Å². The van der Waals surface area contributed by atoms with Crippen molar-refractivity contribution in [3.63, 3.8) is 0 Å². The van der Waals surface area contributed by atoms with E-state index in [0.29, 0.717) is 25.2 Å². The first kappa shape index (κ1) is 24.7. The molecule has 0 spiro atoms. The van der Waals surface area contributed by atoms with E-state index in [9.17, 15) is 13.2 Å². The lowest BCUT2D eigenvalue weighted by molar-refractivity contribution is 0.0937. The van der Waals surface area contributed by atoms with Gasteiger partial charge in [-0.1, -0.05) is 24.6 Å². The summed E-state index contributed by atoms with van der Waals surface area (Å²) in [6.07, 6.45) is 5.11. The molecule has 8 heteroatoms. The Hall–Kier alpha value is -2.42. The predicted octanol–water partition coefficient (Wildman–Crippen LogP) is 3.75. The lowest BCUT2D eigenvalue weighted by Gasteiger charge is -2.28. The molecule has 2 aliphatic rings. The van der Waals surface area contributed by atoms with Crippen molar-refractivity contribution >= 4 is 15.9 Å². The highest BCUT2D eigenvalue weighted by Gasteiger charge is 2.28. The van der Waals surface area contributed by atoms with Crippen LogP contribution in [0.15, 0.2) is 47.4 Å². The third-order valence-corrected chi connectivity index (χ3v) is 8.84. The Labute approximate surface area is 203 Å². The van der Waals surface area contributed by atoms with Gasteiger partial charge in [0.2, 0.25) is 10.0 Å². The predicted molar refractivity (Wildman–Crippen MR) is 133 cm³/mol.